The van der Waals surface area contributed by atoms with E-state index < -0.39 is 0 Å². The van der Waals surface area contributed by atoms with Crippen molar-refractivity contribution in [2.45, 2.75) is 32.6 Å². The Morgan fingerprint density at radius 3 is 2.74 bits per heavy atom. The van der Waals surface area contributed by atoms with Crippen LogP contribution in [-0.2, 0) is 14.9 Å². The summed E-state index contributed by atoms with van der Waals surface area (Å²) in [6, 6.07) is 8.14. The van der Waals surface area contributed by atoms with E-state index in [1.165, 1.54) is 11.6 Å². The molecule has 1 rings (SSSR count). The van der Waals surface area contributed by atoms with Crippen LogP contribution in [0.5, 0.6) is 0 Å². The first-order valence-electron chi connectivity index (χ1n) is 6.64. The van der Waals surface area contributed by atoms with Crippen LogP contribution in [0.15, 0.2) is 43.0 Å². The molecule has 0 aliphatic heterocycles. The smallest absolute Gasteiger partial charge is 0.330 e. The van der Waals surface area contributed by atoms with Crippen molar-refractivity contribution in [3.63, 3.8) is 0 Å². The van der Waals surface area contributed by atoms with E-state index in [0.717, 1.165) is 12.0 Å². The molecule has 0 amide bonds. The first-order valence-corrected chi connectivity index (χ1v) is 6.64. The van der Waals surface area contributed by atoms with Crippen molar-refractivity contribution < 1.29 is 9.53 Å². The largest absolute Gasteiger partial charge is 0.463 e. The van der Waals surface area contributed by atoms with E-state index in [-0.39, 0.29) is 11.4 Å². The molecule has 1 aromatic carbocycles. The van der Waals surface area contributed by atoms with E-state index in [1.807, 2.05) is 18.2 Å². The molecular weight excluding hydrogens is 236 g/mol. The summed E-state index contributed by atoms with van der Waals surface area (Å²) in [6.07, 6.45) is 6.20. The van der Waals surface area contributed by atoms with Crippen LogP contribution in [0.3, 0.4) is 0 Å². The lowest BCUT2D eigenvalue weighted by atomic mass is 9.80. The van der Waals surface area contributed by atoms with Crippen molar-refractivity contribution >= 4 is 12.0 Å². The van der Waals surface area contributed by atoms with Gasteiger partial charge in [0, 0.05) is 11.5 Å². The standard InChI is InChI=1S/C17H22O2/c1-5-17(4,6-2)15-10-8-9-14(13-15)11-12-16(18)19-7-3/h5,8-13H,1,6-7H2,2-4H3. The minimum absolute atomic E-state index is 0.0340. The number of hydrogen-bond donors (Lipinski definition) is 0. The zero-order chi connectivity index (χ0) is 14.3. The minimum atomic E-state index is -0.310. The minimum Gasteiger partial charge on any atom is -0.463 e. The molecule has 0 saturated heterocycles. The van der Waals surface area contributed by atoms with Crippen LogP contribution in [0.2, 0.25) is 0 Å². The second kappa shape index (κ2) is 6.93. The number of benzene rings is 1. The summed E-state index contributed by atoms with van der Waals surface area (Å²) < 4.78 is 4.86. The third-order valence-electron chi connectivity index (χ3n) is 3.43. The van der Waals surface area contributed by atoms with Gasteiger partial charge in [-0.1, -0.05) is 44.2 Å². The van der Waals surface area contributed by atoms with Gasteiger partial charge in [-0.25, -0.2) is 4.79 Å². The Hall–Kier alpha value is -1.83. The topological polar surface area (TPSA) is 26.3 Å². The van der Waals surface area contributed by atoms with E-state index in [2.05, 4.69) is 32.6 Å². The molecule has 2 heteroatoms. The van der Waals surface area contributed by atoms with Gasteiger partial charge in [0.15, 0.2) is 0 Å². The Bertz CT molecular complexity index is 474. The number of carbonyl (C=O) groups excluding carboxylic acids is 1. The van der Waals surface area contributed by atoms with Crippen LogP contribution in [0.25, 0.3) is 6.08 Å². The van der Waals surface area contributed by atoms with E-state index in [1.54, 1.807) is 13.0 Å². The van der Waals surface area contributed by atoms with E-state index in [0.29, 0.717) is 6.61 Å². The van der Waals surface area contributed by atoms with Crippen LogP contribution in [-0.4, -0.2) is 12.6 Å². The molecule has 0 aliphatic carbocycles. The fourth-order valence-corrected chi connectivity index (χ4v) is 1.82. The number of ether oxygens (including phenoxy) is 1. The van der Waals surface area contributed by atoms with Crippen molar-refractivity contribution in [3.8, 4) is 0 Å². The van der Waals surface area contributed by atoms with Crippen LogP contribution < -0.4 is 0 Å². The maximum atomic E-state index is 11.3. The molecule has 0 radical (unpaired) electrons. The van der Waals surface area contributed by atoms with E-state index in [4.69, 9.17) is 4.74 Å². The number of rotatable bonds is 6. The van der Waals surface area contributed by atoms with Crippen molar-refractivity contribution in [3.05, 3.63) is 54.1 Å². The lowest BCUT2D eigenvalue weighted by Gasteiger charge is -2.24. The van der Waals surface area contributed by atoms with Crippen molar-refractivity contribution in [2.75, 3.05) is 6.61 Å². The molecule has 1 aromatic rings. The molecule has 102 valence electrons. The first kappa shape index (κ1) is 15.2. The maximum absolute atomic E-state index is 11.3. The predicted octanol–water partition coefficient (Wildman–Crippen LogP) is 4.12. The molecule has 1 atom stereocenters. The molecule has 0 aromatic heterocycles. The molecular formula is C17H22O2. The lowest BCUT2D eigenvalue weighted by molar-refractivity contribution is -0.137. The van der Waals surface area contributed by atoms with Gasteiger partial charge >= 0.3 is 5.97 Å². The highest BCUT2D eigenvalue weighted by Gasteiger charge is 2.20. The van der Waals surface area contributed by atoms with Gasteiger partial charge in [0.1, 0.15) is 0 Å². The van der Waals surface area contributed by atoms with Gasteiger partial charge in [-0.3, -0.25) is 0 Å². The molecule has 0 bridgehead atoms. The van der Waals surface area contributed by atoms with Crippen molar-refractivity contribution in [1.82, 2.24) is 0 Å². The van der Waals surface area contributed by atoms with Crippen LogP contribution in [0, 0.1) is 0 Å². The van der Waals surface area contributed by atoms with Gasteiger partial charge in [-0.15, -0.1) is 6.58 Å². The van der Waals surface area contributed by atoms with Crippen molar-refractivity contribution in [1.29, 1.82) is 0 Å². The second-order valence-corrected chi connectivity index (χ2v) is 4.69. The fraction of sp³-hybridized carbons (Fsp3) is 0.353. The Balaban J connectivity index is 2.95. The quantitative estimate of drug-likeness (QED) is 0.436. The predicted molar refractivity (Wildman–Crippen MR) is 79.9 cm³/mol. The number of allylic oxidation sites excluding steroid dienone is 1. The van der Waals surface area contributed by atoms with Crippen LogP contribution in [0.1, 0.15) is 38.3 Å². The van der Waals surface area contributed by atoms with Gasteiger partial charge in [0.05, 0.1) is 6.61 Å². The highest BCUT2D eigenvalue weighted by Crippen LogP contribution is 2.29. The summed E-state index contributed by atoms with van der Waals surface area (Å²) in [6.45, 7) is 10.4. The molecule has 0 aliphatic rings. The molecule has 2 nitrogen and oxygen atoms in total. The number of esters is 1. The van der Waals surface area contributed by atoms with Gasteiger partial charge in [0.2, 0.25) is 0 Å². The molecule has 0 saturated carbocycles. The van der Waals surface area contributed by atoms with E-state index in [9.17, 15) is 4.79 Å². The summed E-state index contributed by atoms with van der Waals surface area (Å²) in [5.74, 6) is -0.310. The Kier molecular flexibility index (Phi) is 5.56. The van der Waals surface area contributed by atoms with E-state index >= 15 is 0 Å². The number of hydrogen-bond acceptors (Lipinski definition) is 2. The number of carbonyl (C=O) groups is 1. The highest BCUT2D eigenvalue weighted by atomic mass is 16.5. The lowest BCUT2D eigenvalue weighted by Crippen LogP contribution is -2.17. The summed E-state index contributed by atoms with van der Waals surface area (Å²) in [4.78, 5) is 11.3. The normalized spacial score (nSPS) is 14.1. The molecule has 19 heavy (non-hydrogen) atoms. The Morgan fingerprint density at radius 1 is 1.42 bits per heavy atom. The summed E-state index contributed by atoms with van der Waals surface area (Å²) in [5.41, 5.74) is 2.16. The fourth-order valence-electron chi connectivity index (χ4n) is 1.82. The van der Waals surface area contributed by atoms with Crippen molar-refractivity contribution in [2.24, 2.45) is 0 Å². The zero-order valence-electron chi connectivity index (χ0n) is 12.0. The molecule has 0 spiro atoms. The van der Waals surface area contributed by atoms with Gasteiger partial charge < -0.3 is 4.74 Å². The Morgan fingerprint density at radius 2 is 2.16 bits per heavy atom. The maximum Gasteiger partial charge on any atom is 0.330 e. The van der Waals surface area contributed by atoms with Gasteiger partial charge in [0.25, 0.3) is 0 Å². The van der Waals surface area contributed by atoms with Crippen LogP contribution in [0.4, 0.5) is 0 Å². The average molecular weight is 258 g/mol. The third kappa shape index (κ3) is 4.09. The first-order chi connectivity index (χ1) is 9.05. The monoisotopic (exact) mass is 258 g/mol. The average Bonchev–Trinajstić information content (AvgIpc) is 2.45. The van der Waals surface area contributed by atoms with Gasteiger partial charge in [-0.2, -0.15) is 0 Å². The molecule has 0 N–H and O–H groups in total. The Labute approximate surface area is 115 Å². The third-order valence-corrected chi connectivity index (χ3v) is 3.43. The summed E-state index contributed by atoms with van der Waals surface area (Å²) in [5, 5.41) is 0. The molecule has 1 unspecified atom stereocenters. The van der Waals surface area contributed by atoms with Crippen LogP contribution >= 0.6 is 0 Å². The summed E-state index contributed by atoms with van der Waals surface area (Å²) >= 11 is 0. The summed E-state index contributed by atoms with van der Waals surface area (Å²) in [7, 11) is 0. The van der Waals surface area contributed by atoms with Gasteiger partial charge in [-0.05, 0) is 30.5 Å². The molecule has 0 fully saturated rings. The molecule has 0 heterocycles. The highest BCUT2D eigenvalue weighted by molar-refractivity contribution is 5.87. The zero-order valence-corrected chi connectivity index (χ0v) is 12.0. The second-order valence-electron chi connectivity index (χ2n) is 4.69. The SMILES string of the molecule is C=CC(C)(CC)c1cccc(C=CC(=O)OCC)c1.